The average Bonchev–Trinajstić information content (AvgIpc) is 3.21. The Labute approximate surface area is 370 Å². The van der Waals surface area contributed by atoms with Gasteiger partial charge in [-0.05, 0) is 70.6 Å². The van der Waals surface area contributed by atoms with E-state index in [1.54, 1.807) is 21.1 Å². The molecule has 2 unspecified atom stereocenters. The fraction of sp³-hybridized carbons (Fsp3) is 0.827. The van der Waals surface area contributed by atoms with E-state index in [-0.39, 0.29) is 42.7 Å². The average molecular weight is 846 g/mol. The molecule has 0 aliphatic heterocycles. The van der Waals surface area contributed by atoms with Crippen molar-refractivity contribution >= 4 is 17.9 Å². The first-order valence-electron chi connectivity index (χ1n) is 25.0. The number of unbranched alkanes of at least 4 members (excludes halogenated alkanes) is 25. The zero-order valence-electron chi connectivity index (χ0n) is 39.9. The second kappa shape index (κ2) is 43.2. The number of nitrogens with zero attached hydrogens (tertiary/aromatic N) is 1. The van der Waals surface area contributed by atoms with Crippen LogP contribution in [0.4, 0.5) is 0 Å². The summed E-state index contributed by atoms with van der Waals surface area (Å²) >= 11 is 0. The molecule has 0 spiro atoms. The van der Waals surface area contributed by atoms with Gasteiger partial charge in [-0.3, -0.25) is 9.59 Å². The maximum Gasteiger partial charge on any atom is 0.306 e. The van der Waals surface area contributed by atoms with Crippen molar-refractivity contribution in [1.82, 2.24) is 0 Å². The van der Waals surface area contributed by atoms with Gasteiger partial charge in [0.25, 0.3) is 0 Å². The quantitative estimate of drug-likeness (QED) is 0.0260. The summed E-state index contributed by atoms with van der Waals surface area (Å²) in [6, 6.07) is -0.729. The van der Waals surface area contributed by atoms with E-state index in [2.05, 4.69) is 50.3 Å². The Morgan fingerprint density at radius 2 is 0.883 bits per heavy atom. The number of allylic oxidation sites excluding steroid dienone is 6. The molecule has 0 saturated heterocycles. The highest BCUT2D eigenvalue weighted by Crippen LogP contribution is 2.14. The molecule has 0 aliphatic carbocycles. The van der Waals surface area contributed by atoms with Gasteiger partial charge in [0.1, 0.15) is 12.6 Å². The highest BCUT2D eigenvalue weighted by Gasteiger charge is 2.25. The van der Waals surface area contributed by atoms with Crippen LogP contribution >= 0.6 is 0 Å². The summed E-state index contributed by atoms with van der Waals surface area (Å²) in [6.45, 7) is 4.65. The van der Waals surface area contributed by atoms with Crippen molar-refractivity contribution in [2.45, 2.75) is 238 Å². The number of carboxylic acid groups (broad SMARTS) is 1. The summed E-state index contributed by atoms with van der Waals surface area (Å²) < 4.78 is 17.2. The van der Waals surface area contributed by atoms with Crippen LogP contribution in [0.25, 0.3) is 0 Å². The lowest BCUT2D eigenvalue weighted by molar-refractivity contribution is -0.889. The fourth-order valence-corrected chi connectivity index (χ4v) is 7.33. The van der Waals surface area contributed by atoms with E-state index in [0.29, 0.717) is 12.8 Å². The molecule has 0 fully saturated rings. The standard InChI is InChI=1S/C52H95NO7/c1-6-8-10-12-14-16-18-20-21-22-23-24-25-26-27-28-29-31-32-34-36-38-40-42-50(54)59-47-48(46-58-45-44-49(52(56)57)53(3,4)5)60-51(55)43-41-39-37-35-33-30-19-17-15-13-11-9-7-2/h23-24,26-27,30,33,48-49H,6-22,25,28-29,31-32,34-47H2,1-5H3/b24-23+,27-26+,33-30+. The maximum atomic E-state index is 12.7. The molecule has 0 N–H and O–H groups in total. The number of aliphatic carboxylic acids is 1. The van der Waals surface area contributed by atoms with E-state index in [4.69, 9.17) is 14.2 Å². The Bertz CT molecular complexity index is 1080. The maximum absolute atomic E-state index is 12.7. The summed E-state index contributed by atoms with van der Waals surface area (Å²) in [5, 5.41) is 11.6. The molecule has 0 heterocycles. The Kier molecular flexibility index (Phi) is 41.4. The zero-order valence-corrected chi connectivity index (χ0v) is 39.9. The van der Waals surface area contributed by atoms with Crippen LogP contribution < -0.4 is 5.11 Å². The van der Waals surface area contributed by atoms with E-state index in [1.807, 2.05) is 0 Å². The summed E-state index contributed by atoms with van der Waals surface area (Å²) in [4.78, 5) is 36.9. The smallest absolute Gasteiger partial charge is 0.306 e. The third-order valence-electron chi connectivity index (χ3n) is 11.2. The lowest BCUT2D eigenvalue weighted by Gasteiger charge is -2.34. The van der Waals surface area contributed by atoms with Crippen LogP contribution in [0.2, 0.25) is 0 Å². The number of carbonyl (C=O) groups is 3. The molecule has 8 heteroatoms. The molecule has 0 amide bonds. The summed E-state index contributed by atoms with van der Waals surface area (Å²) in [6.07, 6.45) is 50.4. The number of hydrogen-bond donors (Lipinski definition) is 0. The second-order valence-electron chi connectivity index (χ2n) is 18.0. The lowest BCUT2D eigenvalue weighted by atomic mass is 10.1. The van der Waals surface area contributed by atoms with Gasteiger partial charge >= 0.3 is 11.9 Å². The molecular formula is C52H95NO7. The molecule has 0 radical (unpaired) electrons. The molecule has 350 valence electrons. The van der Waals surface area contributed by atoms with Gasteiger partial charge in [-0.25, -0.2) is 0 Å². The van der Waals surface area contributed by atoms with Gasteiger partial charge < -0.3 is 28.6 Å². The molecule has 2 atom stereocenters. The number of esters is 2. The SMILES string of the molecule is CCCCCCCC/C=C/CCCCCC(=O)OC(COCCC(C(=O)[O-])[N+](C)(C)C)COC(=O)CCCCCCCCC/C=C/C/C=C/CCCCCCCCCCC. The third kappa shape index (κ3) is 40.9. The second-order valence-corrected chi connectivity index (χ2v) is 18.0. The minimum Gasteiger partial charge on any atom is -0.544 e. The van der Waals surface area contributed by atoms with Crippen molar-refractivity contribution in [2.75, 3.05) is 41.0 Å². The van der Waals surface area contributed by atoms with Crippen LogP contribution in [-0.4, -0.2) is 75.5 Å². The lowest BCUT2D eigenvalue weighted by Crippen LogP contribution is -2.55. The molecule has 60 heavy (non-hydrogen) atoms. The largest absolute Gasteiger partial charge is 0.544 e. The summed E-state index contributed by atoms with van der Waals surface area (Å²) in [5.74, 6) is -1.76. The molecule has 0 aromatic heterocycles. The zero-order chi connectivity index (χ0) is 44.2. The normalized spacial score (nSPS) is 13.2. The van der Waals surface area contributed by atoms with Crippen molar-refractivity contribution < 1.29 is 38.2 Å². The Balaban J connectivity index is 4.23. The van der Waals surface area contributed by atoms with Crippen molar-refractivity contribution in [3.05, 3.63) is 36.5 Å². The molecule has 0 aromatic rings. The van der Waals surface area contributed by atoms with Gasteiger partial charge in [0.2, 0.25) is 0 Å². The number of hydrogen-bond acceptors (Lipinski definition) is 7. The van der Waals surface area contributed by atoms with Crippen molar-refractivity contribution in [1.29, 1.82) is 0 Å². The van der Waals surface area contributed by atoms with Gasteiger partial charge in [0.15, 0.2) is 6.10 Å². The van der Waals surface area contributed by atoms with Crippen LogP contribution in [0.1, 0.15) is 226 Å². The van der Waals surface area contributed by atoms with Crippen LogP contribution in [0.15, 0.2) is 36.5 Å². The number of likely N-dealkylation sites (N-methyl/N-ethyl adjacent to an activating group) is 1. The molecule has 0 rings (SSSR count). The minimum atomic E-state index is -1.13. The van der Waals surface area contributed by atoms with E-state index in [9.17, 15) is 19.5 Å². The molecular weight excluding hydrogens is 751 g/mol. The van der Waals surface area contributed by atoms with Crippen molar-refractivity contribution in [2.24, 2.45) is 0 Å². The van der Waals surface area contributed by atoms with E-state index >= 15 is 0 Å². The first-order valence-corrected chi connectivity index (χ1v) is 25.0. The Morgan fingerprint density at radius 3 is 1.32 bits per heavy atom. The molecule has 8 nitrogen and oxygen atoms in total. The summed E-state index contributed by atoms with van der Waals surface area (Å²) in [5.41, 5.74) is 0. The minimum absolute atomic E-state index is 0.0333. The molecule has 0 saturated carbocycles. The predicted octanol–water partition coefficient (Wildman–Crippen LogP) is 12.9. The number of quaternary nitrogens is 1. The number of ether oxygens (including phenoxy) is 3. The van der Waals surface area contributed by atoms with E-state index < -0.39 is 18.1 Å². The van der Waals surface area contributed by atoms with Gasteiger partial charge in [-0.1, -0.05) is 172 Å². The monoisotopic (exact) mass is 846 g/mol. The van der Waals surface area contributed by atoms with Gasteiger partial charge in [-0.15, -0.1) is 0 Å². The van der Waals surface area contributed by atoms with Crippen LogP contribution in [0.5, 0.6) is 0 Å². The first kappa shape index (κ1) is 57.5. The molecule has 0 aliphatic rings. The van der Waals surface area contributed by atoms with Crippen LogP contribution in [-0.2, 0) is 28.6 Å². The van der Waals surface area contributed by atoms with Crippen LogP contribution in [0, 0.1) is 0 Å². The number of carbonyl (C=O) groups excluding carboxylic acids is 3. The molecule has 0 bridgehead atoms. The van der Waals surface area contributed by atoms with Gasteiger partial charge in [-0.2, -0.15) is 0 Å². The topological polar surface area (TPSA) is 102 Å². The predicted molar refractivity (Wildman–Crippen MR) is 250 cm³/mol. The van der Waals surface area contributed by atoms with E-state index in [1.165, 1.54) is 128 Å². The van der Waals surface area contributed by atoms with Crippen LogP contribution in [0.3, 0.4) is 0 Å². The Hall–Kier alpha value is -2.45. The van der Waals surface area contributed by atoms with Crippen molar-refractivity contribution in [3.63, 3.8) is 0 Å². The van der Waals surface area contributed by atoms with Crippen molar-refractivity contribution in [3.8, 4) is 0 Å². The summed E-state index contributed by atoms with van der Waals surface area (Å²) in [7, 11) is 5.41. The Morgan fingerprint density at radius 1 is 0.500 bits per heavy atom. The highest BCUT2D eigenvalue weighted by atomic mass is 16.6. The fourth-order valence-electron chi connectivity index (χ4n) is 7.33. The number of rotatable bonds is 45. The van der Waals surface area contributed by atoms with E-state index in [0.717, 1.165) is 64.2 Å². The number of carboxylic acids is 1. The highest BCUT2D eigenvalue weighted by molar-refractivity contribution is 5.70. The van der Waals surface area contributed by atoms with Gasteiger partial charge in [0, 0.05) is 19.3 Å². The third-order valence-corrected chi connectivity index (χ3v) is 11.2. The molecule has 0 aromatic carbocycles. The van der Waals surface area contributed by atoms with Gasteiger partial charge in [0.05, 0.1) is 40.3 Å². The first-order chi connectivity index (χ1) is 29.1.